The van der Waals surface area contributed by atoms with Crippen molar-refractivity contribution < 1.29 is 0 Å². The SMILES string of the molecule is CCCCCC(CCCCC)Nc1cc(Cl)c(Cl)cc1Cl. The average Bonchev–Trinajstić information content (AvgIpc) is 2.45. The van der Waals surface area contributed by atoms with Gasteiger partial charge in [-0.3, -0.25) is 0 Å². The normalized spacial score (nSPS) is 11.1. The maximum Gasteiger partial charge on any atom is 0.0653 e. The Morgan fingerprint density at radius 2 is 1.33 bits per heavy atom. The summed E-state index contributed by atoms with van der Waals surface area (Å²) in [6.07, 6.45) is 9.90. The van der Waals surface area contributed by atoms with Crippen LogP contribution in [0.2, 0.25) is 15.1 Å². The van der Waals surface area contributed by atoms with Gasteiger partial charge in [-0.1, -0.05) is 87.2 Å². The lowest BCUT2D eigenvalue weighted by atomic mass is 10.0. The van der Waals surface area contributed by atoms with Gasteiger partial charge in [0.15, 0.2) is 0 Å². The molecule has 0 saturated heterocycles. The first kappa shape index (κ1) is 18.9. The molecule has 0 amide bonds. The predicted molar refractivity (Wildman–Crippen MR) is 97.2 cm³/mol. The van der Waals surface area contributed by atoms with Crippen LogP contribution in [0.5, 0.6) is 0 Å². The van der Waals surface area contributed by atoms with E-state index in [9.17, 15) is 0 Å². The van der Waals surface area contributed by atoms with Crippen molar-refractivity contribution in [1.29, 1.82) is 0 Å². The van der Waals surface area contributed by atoms with Crippen molar-refractivity contribution in [2.24, 2.45) is 0 Å². The number of hydrogen-bond acceptors (Lipinski definition) is 1. The molecule has 0 saturated carbocycles. The second-order valence-electron chi connectivity index (χ2n) is 5.58. The Morgan fingerprint density at radius 3 is 1.86 bits per heavy atom. The monoisotopic (exact) mass is 349 g/mol. The molecular weight excluding hydrogens is 325 g/mol. The van der Waals surface area contributed by atoms with Gasteiger partial charge in [0, 0.05) is 6.04 Å². The van der Waals surface area contributed by atoms with E-state index in [0.717, 1.165) is 5.69 Å². The van der Waals surface area contributed by atoms with E-state index >= 15 is 0 Å². The highest BCUT2D eigenvalue weighted by Crippen LogP contribution is 2.33. The Hall–Kier alpha value is -0.110. The van der Waals surface area contributed by atoms with Gasteiger partial charge in [-0.25, -0.2) is 0 Å². The first-order valence-corrected chi connectivity index (χ1v) is 9.12. The third-order valence-electron chi connectivity index (χ3n) is 3.68. The number of hydrogen-bond donors (Lipinski definition) is 1. The fourth-order valence-corrected chi connectivity index (χ4v) is 3.02. The Labute approximate surface area is 144 Å². The highest BCUT2D eigenvalue weighted by molar-refractivity contribution is 6.44. The molecule has 0 atom stereocenters. The molecule has 0 aliphatic heterocycles. The highest BCUT2D eigenvalue weighted by Gasteiger charge is 2.12. The number of unbranched alkanes of at least 4 members (excludes halogenated alkanes) is 4. The van der Waals surface area contributed by atoms with Crippen molar-refractivity contribution >= 4 is 40.5 Å². The molecule has 1 rings (SSSR count). The van der Waals surface area contributed by atoms with Crippen LogP contribution >= 0.6 is 34.8 Å². The number of anilines is 1. The summed E-state index contributed by atoms with van der Waals surface area (Å²) >= 11 is 18.3. The summed E-state index contributed by atoms with van der Waals surface area (Å²) in [7, 11) is 0. The van der Waals surface area contributed by atoms with Crippen molar-refractivity contribution in [2.75, 3.05) is 5.32 Å². The van der Waals surface area contributed by atoms with Crippen molar-refractivity contribution in [3.63, 3.8) is 0 Å². The van der Waals surface area contributed by atoms with Gasteiger partial charge in [0.1, 0.15) is 0 Å². The van der Waals surface area contributed by atoms with E-state index in [1.807, 2.05) is 6.07 Å². The van der Waals surface area contributed by atoms with Gasteiger partial charge in [-0.15, -0.1) is 0 Å². The van der Waals surface area contributed by atoms with E-state index < -0.39 is 0 Å². The molecule has 0 unspecified atom stereocenters. The molecule has 1 N–H and O–H groups in total. The number of nitrogens with one attached hydrogen (secondary N) is 1. The zero-order valence-corrected chi connectivity index (χ0v) is 15.3. The fraction of sp³-hybridized carbons (Fsp3) is 0.647. The van der Waals surface area contributed by atoms with Crippen molar-refractivity contribution in [2.45, 2.75) is 71.3 Å². The summed E-state index contributed by atoms with van der Waals surface area (Å²) in [5.41, 5.74) is 0.893. The molecule has 0 aliphatic carbocycles. The van der Waals surface area contributed by atoms with Crippen LogP contribution in [0.3, 0.4) is 0 Å². The van der Waals surface area contributed by atoms with Crippen LogP contribution in [0.4, 0.5) is 5.69 Å². The van der Waals surface area contributed by atoms with Crippen LogP contribution in [0.15, 0.2) is 12.1 Å². The zero-order valence-electron chi connectivity index (χ0n) is 13.0. The second-order valence-corrected chi connectivity index (χ2v) is 6.80. The molecule has 0 aromatic heterocycles. The van der Waals surface area contributed by atoms with Gasteiger partial charge in [0.25, 0.3) is 0 Å². The van der Waals surface area contributed by atoms with E-state index in [2.05, 4.69) is 19.2 Å². The van der Waals surface area contributed by atoms with Gasteiger partial charge in [-0.05, 0) is 25.0 Å². The predicted octanol–water partition coefficient (Wildman–Crippen LogP) is 7.59. The lowest BCUT2D eigenvalue weighted by Crippen LogP contribution is -2.19. The van der Waals surface area contributed by atoms with Gasteiger partial charge >= 0.3 is 0 Å². The molecule has 0 fully saturated rings. The largest absolute Gasteiger partial charge is 0.381 e. The molecule has 1 nitrogen and oxygen atoms in total. The van der Waals surface area contributed by atoms with Crippen molar-refractivity contribution in [3.8, 4) is 0 Å². The Kier molecular flexibility index (Phi) is 9.55. The molecule has 1 aromatic carbocycles. The molecule has 4 heteroatoms. The number of benzene rings is 1. The Balaban J connectivity index is 2.67. The lowest BCUT2D eigenvalue weighted by Gasteiger charge is -2.21. The minimum Gasteiger partial charge on any atom is -0.381 e. The van der Waals surface area contributed by atoms with Crippen LogP contribution < -0.4 is 5.32 Å². The van der Waals surface area contributed by atoms with Crippen LogP contribution in [-0.2, 0) is 0 Å². The molecule has 1 aromatic rings. The summed E-state index contributed by atoms with van der Waals surface area (Å²) in [4.78, 5) is 0. The molecule has 0 aliphatic rings. The van der Waals surface area contributed by atoms with E-state index in [1.165, 1.54) is 51.4 Å². The summed E-state index contributed by atoms with van der Waals surface area (Å²) in [5.74, 6) is 0. The van der Waals surface area contributed by atoms with Crippen molar-refractivity contribution in [1.82, 2.24) is 0 Å². The standard InChI is InChI=1S/C17H26Cl3N/c1-3-5-7-9-13(10-8-6-4-2)21-17-12-15(19)14(18)11-16(17)20/h11-13,21H,3-10H2,1-2H3. The summed E-state index contributed by atoms with van der Waals surface area (Å²) < 4.78 is 0. The zero-order chi connectivity index (χ0) is 15.7. The quantitative estimate of drug-likeness (QED) is 0.338. The minimum absolute atomic E-state index is 0.456. The summed E-state index contributed by atoms with van der Waals surface area (Å²) in [6.45, 7) is 4.46. The molecule has 120 valence electrons. The Bertz CT molecular complexity index is 411. The molecule has 0 heterocycles. The van der Waals surface area contributed by atoms with Crippen LogP contribution in [0, 0.1) is 0 Å². The number of halogens is 3. The van der Waals surface area contributed by atoms with Crippen LogP contribution in [-0.4, -0.2) is 6.04 Å². The third kappa shape index (κ3) is 7.13. The van der Waals surface area contributed by atoms with E-state index in [1.54, 1.807) is 6.07 Å². The molecular formula is C17H26Cl3N. The summed E-state index contributed by atoms with van der Waals surface area (Å²) in [6, 6.07) is 4.00. The van der Waals surface area contributed by atoms with Gasteiger partial charge in [0.05, 0.1) is 20.8 Å². The Morgan fingerprint density at radius 1 is 0.810 bits per heavy atom. The third-order valence-corrected chi connectivity index (χ3v) is 4.72. The number of rotatable bonds is 10. The fourth-order valence-electron chi connectivity index (χ4n) is 2.42. The molecule has 21 heavy (non-hydrogen) atoms. The minimum atomic E-state index is 0.456. The smallest absolute Gasteiger partial charge is 0.0653 e. The first-order chi connectivity index (χ1) is 10.1. The molecule has 0 spiro atoms. The average molecular weight is 351 g/mol. The van der Waals surface area contributed by atoms with E-state index in [0.29, 0.717) is 21.1 Å². The topological polar surface area (TPSA) is 12.0 Å². The second kappa shape index (κ2) is 10.6. The molecule has 0 bridgehead atoms. The lowest BCUT2D eigenvalue weighted by molar-refractivity contribution is 0.526. The van der Waals surface area contributed by atoms with Gasteiger partial charge in [0.2, 0.25) is 0 Å². The van der Waals surface area contributed by atoms with E-state index in [4.69, 9.17) is 34.8 Å². The first-order valence-electron chi connectivity index (χ1n) is 7.99. The summed E-state index contributed by atoms with van der Waals surface area (Å²) in [5, 5.41) is 5.24. The van der Waals surface area contributed by atoms with Gasteiger partial charge in [-0.2, -0.15) is 0 Å². The van der Waals surface area contributed by atoms with Crippen LogP contribution in [0.1, 0.15) is 65.2 Å². The maximum absolute atomic E-state index is 6.26. The maximum atomic E-state index is 6.26. The highest BCUT2D eigenvalue weighted by atomic mass is 35.5. The van der Waals surface area contributed by atoms with Crippen LogP contribution in [0.25, 0.3) is 0 Å². The van der Waals surface area contributed by atoms with Crippen molar-refractivity contribution in [3.05, 3.63) is 27.2 Å². The molecule has 0 radical (unpaired) electrons. The van der Waals surface area contributed by atoms with E-state index in [-0.39, 0.29) is 0 Å². The van der Waals surface area contributed by atoms with Gasteiger partial charge < -0.3 is 5.32 Å².